The number of ether oxygens (including phenoxy) is 1. The Balaban J connectivity index is 2.13. The standard InChI is InChI=1S/C16H15N3O4/c1-2-23-16(22)12-8-17-19-14(21)7-13(18-15(12)19)11-5-3-10(9-20)4-6-11/h3-8,18,20H,2,9H2,1H3. The quantitative estimate of drug-likeness (QED) is 0.709. The lowest BCUT2D eigenvalue weighted by Gasteiger charge is -2.05. The Labute approximate surface area is 131 Å². The Hall–Kier alpha value is -2.93. The second-order valence-corrected chi connectivity index (χ2v) is 4.92. The normalized spacial score (nSPS) is 10.9. The van der Waals surface area contributed by atoms with Crippen LogP contribution in [0, 0.1) is 0 Å². The molecule has 0 aliphatic rings. The first-order chi connectivity index (χ1) is 11.1. The first kappa shape index (κ1) is 15.0. The van der Waals surface area contributed by atoms with Crippen LogP contribution in [0.25, 0.3) is 16.9 Å². The van der Waals surface area contributed by atoms with Crippen LogP contribution in [0.2, 0.25) is 0 Å². The van der Waals surface area contributed by atoms with Gasteiger partial charge >= 0.3 is 5.97 Å². The van der Waals surface area contributed by atoms with Gasteiger partial charge in [-0.05, 0) is 18.1 Å². The van der Waals surface area contributed by atoms with Crippen LogP contribution in [0.1, 0.15) is 22.8 Å². The summed E-state index contributed by atoms with van der Waals surface area (Å²) < 4.78 is 6.09. The van der Waals surface area contributed by atoms with E-state index in [1.54, 1.807) is 31.2 Å². The van der Waals surface area contributed by atoms with E-state index in [0.29, 0.717) is 5.69 Å². The molecule has 0 saturated carbocycles. The van der Waals surface area contributed by atoms with Crippen molar-refractivity contribution in [1.82, 2.24) is 14.6 Å². The first-order valence-electron chi connectivity index (χ1n) is 7.12. The summed E-state index contributed by atoms with van der Waals surface area (Å²) in [4.78, 5) is 27.2. The van der Waals surface area contributed by atoms with Crippen molar-refractivity contribution < 1.29 is 14.6 Å². The molecule has 0 radical (unpaired) electrons. The van der Waals surface area contributed by atoms with Gasteiger partial charge in [0.2, 0.25) is 0 Å². The smallest absolute Gasteiger partial charge is 0.343 e. The minimum atomic E-state index is -0.536. The largest absolute Gasteiger partial charge is 0.462 e. The summed E-state index contributed by atoms with van der Waals surface area (Å²) in [6.45, 7) is 1.90. The predicted molar refractivity (Wildman–Crippen MR) is 83.1 cm³/mol. The molecule has 0 aliphatic carbocycles. The van der Waals surface area contributed by atoms with Crippen molar-refractivity contribution >= 4 is 11.6 Å². The van der Waals surface area contributed by atoms with E-state index in [9.17, 15) is 9.59 Å². The van der Waals surface area contributed by atoms with Crippen LogP contribution in [0.3, 0.4) is 0 Å². The number of nitrogens with one attached hydrogen (secondary N) is 1. The van der Waals surface area contributed by atoms with E-state index in [1.807, 2.05) is 0 Å². The molecule has 0 atom stereocenters. The number of aromatic amines is 1. The fourth-order valence-electron chi connectivity index (χ4n) is 2.29. The monoisotopic (exact) mass is 313 g/mol. The fourth-order valence-corrected chi connectivity index (χ4v) is 2.29. The highest BCUT2D eigenvalue weighted by Gasteiger charge is 2.16. The second kappa shape index (κ2) is 6.05. The van der Waals surface area contributed by atoms with E-state index in [2.05, 4.69) is 10.1 Å². The Morgan fingerprint density at radius 1 is 1.35 bits per heavy atom. The third-order valence-corrected chi connectivity index (χ3v) is 3.44. The fraction of sp³-hybridized carbons (Fsp3) is 0.188. The van der Waals surface area contributed by atoms with Crippen molar-refractivity contribution in [3.05, 3.63) is 58.0 Å². The average molecular weight is 313 g/mol. The summed E-state index contributed by atoms with van der Waals surface area (Å²) in [6.07, 6.45) is 1.31. The molecular formula is C16H15N3O4. The van der Waals surface area contributed by atoms with Crippen LogP contribution in [0.5, 0.6) is 0 Å². The van der Waals surface area contributed by atoms with Gasteiger partial charge in [-0.2, -0.15) is 9.61 Å². The van der Waals surface area contributed by atoms with Crippen LogP contribution in [-0.4, -0.2) is 32.3 Å². The number of aliphatic hydroxyl groups is 1. The zero-order valence-corrected chi connectivity index (χ0v) is 12.4. The van der Waals surface area contributed by atoms with E-state index < -0.39 is 5.97 Å². The van der Waals surface area contributed by atoms with E-state index >= 15 is 0 Å². The molecule has 0 bridgehead atoms. The van der Waals surface area contributed by atoms with Gasteiger partial charge in [-0.3, -0.25) is 4.79 Å². The highest BCUT2D eigenvalue weighted by Crippen LogP contribution is 2.18. The van der Waals surface area contributed by atoms with E-state index in [1.165, 1.54) is 12.3 Å². The lowest BCUT2D eigenvalue weighted by Crippen LogP contribution is -2.15. The molecular weight excluding hydrogens is 298 g/mol. The summed E-state index contributed by atoms with van der Waals surface area (Å²) in [5, 5.41) is 13.0. The van der Waals surface area contributed by atoms with Gasteiger partial charge in [0, 0.05) is 6.07 Å². The van der Waals surface area contributed by atoms with Crippen LogP contribution < -0.4 is 5.56 Å². The molecule has 0 aliphatic heterocycles. The number of H-pyrrole nitrogens is 1. The van der Waals surface area contributed by atoms with Gasteiger partial charge in [-0.15, -0.1) is 0 Å². The number of fused-ring (bicyclic) bond motifs is 1. The molecule has 0 unspecified atom stereocenters. The SMILES string of the molecule is CCOC(=O)c1cnn2c(=O)cc(-c3ccc(CO)cc3)[nH]c12. The van der Waals surface area contributed by atoms with Crippen LogP contribution in [0.15, 0.2) is 41.3 Å². The van der Waals surface area contributed by atoms with Crippen molar-refractivity contribution in [2.45, 2.75) is 13.5 Å². The average Bonchev–Trinajstić information content (AvgIpc) is 3.00. The molecule has 0 fully saturated rings. The van der Waals surface area contributed by atoms with Crippen LogP contribution in [0.4, 0.5) is 0 Å². The van der Waals surface area contributed by atoms with E-state index in [0.717, 1.165) is 15.6 Å². The number of nitrogens with zero attached hydrogens (tertiary/aromatic N) is 2. The molecule has 23 heavy (non-hydrogen) atoms. The molecule has 2 heterocycles. The van der Waals surface area contributed by atoms with E-state index in [4.69, 9.17) is 9.84 Å². The van der Waals surface area contributed by atoms with Gasteiger partial charge < -0.3 is 14.8 Å². The molecule has 7 nitrogen and oxygen atoms in total. The van der Waals surface area contributed by atoms with Gasteiger partial charge in [0.05, 0.1) is 25.1 Å². The van der Waals surface area contributed by atoms with Crippen LogP contribution in [-0.2, 0) is 11.3 Å². The molecule has 0 amide bonds. The molecule has 0 saturated heterocycles. The number of benzene rings is 1. The third-order valence-electron chi connectivity index (χ3n) is 3.44. The summed E-state index contributed by atoms with van der Waals surface area (Å²) in [5.41, 5.74) is 2.23. The van der Waals surface area contributed by atoms with Crippen molar-refractivity contribution in [1.29, 1.82) is 0 Å². The van der Waals surface area contributed by atoms with E-state index in [-0.39, 0.29) is 30.0 Å². The molecule has 3 aromatic rings. The topological polar surface area (TPSA) is 96.7 Å². The summed E-state index contributed by atoms with van der Waals surface area (Å²) in [5.74, 6) is -0.536. The van der Waals surface area contributed by atoms with Gasteiger partial charge in [0.25, 0.3) is 5.56 Å². The molecule has 2 aromatic heterocycles. The number of aliphatic hydroxyl groups excluding tert-OH is 1. The van der Waals surface area contributed by atoms with Crippen molar-refractivity contribution in [2.24, 2.45) is 0 Å². The van der Waals surface area contributed by atoms with Crippen molar-refractivity contribution in [2.75, 3.05) is 6.61 Å². The van der Waals surface area contributed by atoms with Crippen molar-refractivity contribution in [3.63, 3.8) is 0 Å². The number of aromatic nitrogens is 3. The number of carbonyl (C=O) groups excluding carboxylic acids is 1. The van der Waals surface area contributed by atoms with Gasteiger partial charge in [-0.25, -0.2) is 4.79 Å². The lowest BCUT2D eigenvalue weighted by atomic mass is 10.1. The highest BCUT2D eigenvalue weighted by atomic mass is 16.5. The molecule has 2 N–H and O–H groups in total. The zero-order chi connectivity index (χ0) is 16.4. The number of hydrogen-bond donors (Lipinski definition) is 2. The molecule has 1 aromatic carbocycles. The molecule has 3 rings (SSSR count). The minimum Gasteiger partial charge on any atom is -0.462 e. The molecule has 118 valence electrons. The van der Waals surface area contributed by atoms with Gasteiger partial charge in [0.15, 0.2) is 5.65 Å². The van der Waals surface area contributed by atoms with Crippen molar-refractivity contribution in [3.8, 4) is 11.3 Å². The molecule has 0 spiro atoms. The number of hydrogen-bond acceptors (Lipinski definition) is 5. The Kier molecular flexibility index (Phi) is 3.94. The zero-order valence-electron chi connectivity index (χ0n) is 12.4. The van der Waals surface area contributed by atoms with Gasteiger partial charge in [-0.1, -0.05) is 24.3 Å². The predicted octanol–water partition coefficient (Wildman–Crippen LogP) is 1.36. The number of esters is 1. The maximum Gasteiger partial charge on any atom is 0.343 e. The Morgan fingerprint density at radius 3 is 2.74 bits per heavy atom. The first-order valence-corrected chi connectivity index (χ1v) is 7.12. The number of rotatable bonds is 4. The summed E-state index contributed by atoms with van der Waals surface area (Å²) >= 11 is 0. The Bertz CT molecular complexity index is 909. The Morgan fingerprint density at radius 2 is 2.09 bits per heavy atom. The highest BCUT2D eigenvalue weighted by molar-refractivity contribution is 5.95. The summed E-state index contributed by atoms with van der Waals surface area (Å²) in [6, 6.07) is 8.51. The maximum absolute atomic E-state index is 12.2. The van der Waals surface area contributed by atoms with Crippen LogP contribution >= 0.6 is 0 Å². The second-order valence-electron chi connectivity index (χ2n) is 4.92. The minimum absolute atomic E-state index is 0.0501. The number of carbonyl (C=O) groups is 1. The summed E-state index contributed by atoms with van der Waals surface area (Å²) in [7, 11) is 0. The lowest BCUT2D eigenvalue weighted by molar-refractivity contribution is 0.0528. The maximum atomic E-state index is 12.2. The van der Waals surface area contributed by atoms with Gasteiger partial charge in [0.1, 0.15) is 5.56 Å². The molecule has 7 heteroatoms. The third kappa shape index (κ3) is 2.74.